The highest BCUT2D eigenvalue weighted by atomic mass is 35.5. The molecule has 0 spiro atoms. The number of halogens is 1. The predicted molar refractivity (Wildman–Crippen MR) is 64.0 cm³/mol. The van der Waals surface area contributed by atoms with Gasteiger partial charge in [-0.25, -0.2) is 0 Å². The predicted octanol–water partition coefficient (Wildman–Crippen LogP) is 2.15. The van der Waals surface area contributed by atoms with Crippen molar-refractivity contribution >= 4 is 11.6 Å². The highest BCUT2D eigenvalue weighted by Gasteiger charge is 2.32. The molecule has 1 aromatic carbocycles. The summed E-state index contributed by atoms with van der Waals surface area (Å²) in [5.74, 6) is 2.14. The maximum Gasteiger partial charge on any atom is 0.231 e. The number of fused-ring (bicyclic) bond motifs is 2. The highest BCUT2D eigenvalue weighted by Crippen LogP contribution is 2.50. The molecule has 1 atom stereocenters. The number of benzene rings is 1. The van der Waals surface area contributed by atoms with Crippen LogP contribution in [0.4, 0.5) is 0 Å². The Kier molecular flexibility index (Phi) is 2.56. The van der Waals surface area contributed by atoms with Crippen molar-refractivity contribution in [2.45, 2.75) is 11.9 Å². The van der Waals surface area contributed by atoms with Crippen LogP contribution in [0.25, 0.3) is 0 Å². The normalized spacial score (nSPS) is 22.4. The number of rotatable bonds is 1. The smallest absolute Gasteiger partial charge is 0.231 e. The molecule has 0 radical (unpaired) electrons. The lowest BCUT2D eigenvalue weighted by Gasteiger charge is -2.31. The molecule has 5 heteroatoms. The molecule has 92 valence electrons. The van der Waals surface area contributed by atoms with Crippen LogP contribution >= 0.6 is 11.6 Å². The molecule has 0 aromatic heterocycles. The molecule has 3 rings (SSSR count). The van der Waals surface area contributed by atoms with Crippen molar-refractivity contribution in [3.05, 3.63) is 17.2 Å². The summed E-state index contributed by atoms with van der Waals surface area (Å²) in [4.78, 5) is 2.09. The van der Waals surface area contributed by atoms with E-state index >= 15 is 0 Å². The number of ether oxygens (including phenoxy) is 3. The van der Waals surface area contributed by atoms with E-state index in [0.29, 0.717) is 11.5 Å². The average molecular weight is 256 g/mol. The molecule has 17 heavy (non-hydrogen) atoms. The van der Waals surface area contributed by atoms with E-state index in [1.165, 1.54) is 5.56 Å². The van der Waals surface area contributed by atoms with Crippen LogP contribution in [-0.4, -0.2) is 32.4 Å². The Bertz CT molecular complexity index is 464. The first-order valence-corrected chi connectivity index (χ1v) is 5.99. The minimum absolute atomic E-state index is 0.178. The Balaban J connectivity index is 2.20. The average Bonchev–Trinajstić information content (AvgIpc) is 2.79. The topological polar surface area (TPSA) is 30.9 Å². The van der Waals surface area contributed by atoms with Crippen LogP contribution in [0.15, 0.2) is 6.07 Å². The van der Waals surface area contributed by atoms with Crippen molar-refractivity contribution in [2.75, 3.05) is 27.5 Å². The van der Waals surface area contributed by atoms with E-state index < -0.39 is 0 Å². The van der Waals surface area contributed by atoms with Crippen LogP contribution in [0.2, 0.25) is 0 Å². The van der Waals surface area contributed by atoms with E-state index in [1.807, 2.05) is 13.1 Å². The molecule has 0 saturated carbocycles. The monoisotopic (exact) mass is 255 g/mol. The van der Waals surface area contributed by atoms with E-state index in [-0.39, 0.29) is 12.3 Å². The third-order valence-corrected chi connectivity index (χ3v) is 3.86. The van der Waals surface area contributed by atoms with Gasteiger partial charge in [-0.1, -0.05) is 0 Å². The summed E-state index contributed by atoms with van der Waals surface area (Å²) < 4.78 is 16.3. The first-order chi connectivity index (χ1) is 8.22. The lowest BCUT2D eigenvalue weighted by Crippen LogP contribution is -2.29. The third-order valence-electron chi connectivity index (χ3n) is 3.31. The Morgan fingerprint density at radius 2 is 2.29 bits per heavy atom. The summed E-state index contributed by atoms with van der Waals surface area (Å²) >= 11 is 6.43. The van der Waals surface area contributed by atoms with Gasteiger partial charge in [0.2, 0.25) is 12.5 Å². The zero-order valence-electron chi connectivity index (χ0n) is 9.83. The number of alkyl halides is 1. The van der Waals surface area contributed by atoms with Gasteiger partial charge in [0.15, 0.2) is 11.5 Å². The summed E-state index contributed by atoms with van der Waals surface area (Å²) in [7, 11) is 3.64. The Labute approximate surface area is 105 Å². The summed E-state index contributed by atoms with van der Waals surface area (Å²) in [5, 5.41) is 0. The van der Waals surface area contributed by atoms with Crippen molar-refractivity contribution in [1.82, 2.24) is 4.90 Å². The van der Waals surface area contributed by atoms with Crippen molar-refractivity contribution in [3.8, 4) is 17.2 Å². The zero-order valence-corrected chi connectivity index (χ0v) is 10.6. The van der Waals surface area contributed by atoms with E-state index in [4.69, 9.17) is 25.8 Å². The summed E-state index contributed by atoms with van der Waals surface area (Å²) in [5.41, 5.74) is 2.01. The molecule has 0 aliphatic carbocycles. The molecule has 2 heterocycles. The SMILES string of the molecule is COc1c2c(cc3c1C(Cl)N(C)CC3)OCO2. The van der Waals surface area contributed by atoms with Gasteiger partial charge in [0.25, 0.3) is 0 Å². The largest absolute Gasteiger partial charge is 0.492 e. The van der Waals surface area contributed by atoms with Gasteiger partial charge < -0.3 is 14.2 Å². The number of likely N-dealkylation sites (N-methyl/N-ethyl adjacent to an activating group) is 1. The fourth-order valence-electron chi connectivity index (χ4n) is 2.38. The molecule has 4 nitrogen and oxygen atoms in total. The van der Waals surface area contributed by atoms with Crippen molar-refractivity contribution in [1.29, 1.82) is 0 Å². The molecule has 0 amide bonds. The molecular weight excluding hydrogens is 242 g/mol. The summed E-state index contributed by atoms with van der Waals surface area (Å²) in [6.45, 7) is 1.18. The van der Waals surface area contributed by atoms with Gasteiger partial charge in [0.1, 0.15) is 5.50 Å². The van der Waals surface area contributed by atoms with Crippen LogP contribution in [0.1, 0.15) is 16.6 Å². The van der Waals surface area contributed by atoms with Crippen LogP contribution in [0.3, 0.4) is 0 Å². The lowest BCUT2D eigenvalue weighted by molar-refractivity contribution is 0.171. The second-order valence-electron chi connectivity index (χ2n) is 4.28. The highest BCUT2D eigenvalue weighted by molar-refractivity contribution is 6.21. The first-order valence-electron chi connectivity index (χ1n) is 5.56. The molecule has 1 unspecified atom stereocenters. The maximum absolute atomic E-state index is 6.43. The second kappa shape index (κ2) is 3.96. The van der Waals surface area contributed by atoms with Crippen LogP contribution in [-0.2, 0) is 6.42 Å². The quantitative estimate of drug-likeness (QED) is 0.568. The Hall–Kier alpha value is -1.13. The summed E-state index contributed by atoms with van der Waals surface area (Å²) in [6.07, 6.45) is 0.946. The Morgan fingerprint density at radius 3 is 3.06 bits per heavy atom. The van der Waals surface area contributed by atoms with E-state index in [9.17, 15) is 0 Å². The van der Waals surface area contributed by atoms with Crippen molar-refractivity contribution in [2.24, 2.45) is 0 Å². The molecule has 0 saturated heterocycles. The second-order valence-corrected chi connectivity index (χ2v) is 4.70. The number of hydrogen-bond donors (Lipinski definition) is 0. The van der Waals surface area contributed by atoms with Gasteiger partial charge in [-0.15, -0.1) is 11.6 Å². The van der Waals surface area contributed by atoms with Gasteiger partial charge in [0, 0.05) is 12.1 Å². The number of nitrogens with zero attached hydrogens (tertiary/aromatic N) is 1. The minimum atomic E-state index is -0.178. The van der Waals surface area contributed by atoms with E-state index in [1.54, 1.807) is 7.11 Å². The van der Waals surface area contributed by atoms with Crippen molar-refractivity contribution in [3.63, 3.8) is 0 Å². The van der Waals surface area contributed by atoms with Gasteiger partial charge in [-0.3, -0.25) is 4.90 Å². The minimum Gasteiger partial charge on any atom is -0.492 e. The van der Waals surface area contributed by atoms with E-state index in [2.05, 4.69) is 4.90 Å². The molecule has 0 N–H and O–H groups in total. The number of hydrogen-bond acceptors (Lipinski definition) is 4. The van der Waals surface area contributed by atoms with Crippen LogP contribution in [0, 0.1) is 0 Å². The fraction of sp³-hybridized carbons (Fsp3) is 0.500. The lowest BCUT2D eigenvalue weighted by atomic mass is 9.97. The van der Waals surface area contributed by atoms with E-state index in [0.717, 1.165) is 24.3 Å². The molecule has 2 aliphatic heterocycles. The van der Waals surface area contributed by atoms with Crippen molar-refractivity contribution < 1.29 is 14.2 Å². The zero-order chi connectivity index (χ0) is 12.0. The third kappa shape index (κ3) is 1.55. The van der Waals surface area contributed by atoms with Gasteiger partial charge in [0.05, 0.1) is 7.11 Å². The Morgan fingerprint density at radius 1 is 1.47 bits per heavy atom. The van der Waals surface area contributed by atoms with Gasteiger partial charge in [-0.05, 0) is 25.1 Å². The van der Waals surface area contributed by atoms with Crippen LogP contribution < -0.4 is 14.2 Å². The maximum atomic E-state index is 6.43. The first kappa shape index (κ1) is 11.0. The van der Waals surface area contributed by atoms with Gasteiger partial charge in [-0.2, -0.15) is 0 Å². The van der Waals surface area contributed by atoms with Gasteiger partial charge >= 0.3 is 0 Å². The molecule has 1 aromatic rings. The molecule has 0 bridgehead atoms. The molecule has 0 fully saturated rings. The molecule has 2 aliphatic rings. The van der Waals surface area contributed by atoms with Crippen LogP contribution in [0.5, 0.6) is 17.2 Å². The standard InChI is InChI=1S/C12H14ClNO3/c1-14-4-3-7-5-8-10(17-6-16-8)11(15-2)9(7)12(14)13/h5,12H,3-4,6H2,1-2H3. The summed E-state index contributed by atoms with van der Waals surface area (Å²) in [6, 6.07) is 2.02. The molecular formula is C12H14ClNO3. The fourth-order valence-corrected chi connectivity index (χ4v) is 2.72. The number of methoxy groups -OCH3 is 1.